The van der Waals surface area contributed by atoms with Gasteiger partial charge in [0.05, 0.1) is 6.61 Å². The van der Waals surface area contributed by atoms with Crippen LogP contribution in [0.2, 0.25) is 0 Å². The summed E-state index contributed by atoms with van der Waals surface area (Å²) in [4.78, 5) is 0. The number of hydrogen-bond donors (Lipinski definition) is 0. The van der Waals surface area contributed by atoms with Gasteiger partial charge in [0.2, 0.25) is 0 Å². The van der Waals surface area contributed by atoms with Crippen LogP contribution in [0.3, 0.4) is 0 Å². The van der Waals surface area contributed by atoms with Crippen LogP contribution in [-0.2, 0) is 12.8 Å². The summed E-state index contributed by atoms with van der Waals surface area (Å²) < 4.78 is 5.90. The van der Waals surface area contributed by atoms with Crippen molar-refractivity contribution in [1.82, 2.24) is 0 Å². The summed E-state index contributed by atoms with van der Waals surface area (Å²) in [5.74, 6) is 1.89. The third kappa shape index (κ3) is 5.86. The number of aryl methyl sites for hydroxylation is 1. The first-order chi connectivity index (χ1) is 13.3. The SMILES string of the molecule is CCCCCCCOc1ccc(-c2ccc3c(c2)CCC(CCC)C3)cc1. The zero-order chi connectivity index (χ0) is 18.9. The molecule has 0 aliphatic heterocycles. The Bertz CT molecular complexity index is 686. The molecule has 0 saturated carbocycles. The summed E-state index contributed by atoms with van der Waals surface area (Å²) in [6.07, 6.45) is 13.0. The van der Waals surface area contributed by atoms with Gasteiger partial charge >= 0.3 is 0 Å². The Kier molecular flexibility index (Phi) is 7.80. The molecule has 0 aromatic heterocycles. The quantitative estimate of drug-likeness (QED) is 0.394. The molecule has 0 N–H and O–H groups in total. The van der Waals surface area contributed by atoms with Crippen molar-refractivity contribution in [3.05, 3.63) is 53.6 Å². The van der Waals surface area contributed by atoms with Crippen molar-refractivity contribution in [2.24, 2.45) is 5.92 Å². The van der Waals surface area contributed by atoms with E-state index in [-0.39, 0.29) is 0 Å². The molecular weight excluding hydrogens is 328 g/mol. The highest BCUT2D eigenvalue weighted by Crippen LogP contribution is 2.32. The van der Waals surface area contributed by atoms with Crippen LogP contribution in [0.4, 0.5) is 0 Å². The maximum atomic E-state index is 5.90. The summed E-state index contributed by atoms with van der Waals surface area (Å²) in [6, 6.07) is 15.7. The molecule has 3 rings (SSSR count). The van der Waals surface area contributed by atoms with Gasteiger partial charge in [0.1, 0.15) is 5.75 Å². The lowest BCUT2D eigenvalue weighted by atomic mass is 9.81. The van der Waals surface area contributed by atoms with Crippen LogP contribution in [0, 0.1) is 5.92 Å². The predicted molar refractivity (Wildman–Crippen MR) is 117 cm³/mol. The maximum absolute atomic E-state index is 5.90. The van der Waals surface area contributed by atoms with E-state index in [1.54, 1.807) is 11.1 Å². The molecule has 1 unspecified atom stereocenters. The molecule has 1 aliphatic carbocycles. The maximum Gasteiger partial charge on any atom is 0.119 e. The van der Waals surface area contributed by atoms with Crippen molar-refractivity contribution in [1.29, 1.82) is 0 Å². The van der Waals surface area contributed by atoms with E-state index in [9.17, 15) is 0 Å². The molecule has 1 heteroatoms. The molecule has 1 nitrogen and oxygen atoms in total. The molecule has 0 saturated heterocycles. The zero-order valence-electron chi connectivity index (χ0n) is 17.3. The third-order valence-electron chi connectivity index (χ3n) is 5.94. The second-order valence-electron chi connectivity index (χ2n) is 8.17. The van der Waals surface area contributed by atoms with Crippen molar-refractivity contribution < 1.29 is 4.74 Å². The molecule has 0 bridgehead atoms. The van der Waals surface area contributed by atoms with Gasteiger partial charge in [0, 0.05) is 0 Å². The Hall–Kier alpha value is -1.76. The van der Waals surface area contributed by atoms with Crippen LogP contribution in [0.15, 0.2) is 42.5 Å². The highest BCUT2D eigenvalue weighted by molar-refractivity contribution is 5.65. The lowest BCUT2D eigenvalue weighted by molar-refractivity contribution is 0.304. The fourth-order valence-corrected chi connectivity index (χ4v) is 4.30. The third-order valence-corrected chi connectivity index (χ3v) is 5.94. The lowest BCUT2D eigenvalue weighted by Crippen LogP contribution is -2.14. The van der Waals surface area contributed by atoms with Crippen LogP contribution < -0.4 is 4.74 Å². The first-order valence-electron chi connectivity index (χ1n) is 11.1. The van der Waals surface area contributed by atoms with E-state index in [1.165, 1.54) is 68.9 Å². The molecule has 0 spiro atoms. The van der Waals surface area contributed by atoms with Gasteiger partial charge in [0.25, 0.3) is 0 Å². The standard InChI is InChI=1S/C26H36O/c1-3-5-6-7-8-18-27-26-16-14-22(15-17-26)24-13-12-23-19-21(9-4-2)10-11-25(23)20-24/h12-17,20-21H,3-11,18-19H2,1-2H3. The van der Waals surface area contributed by atoms with Gasteiger partial charge in [-0.1, -0.05) is 82.7 Å². The van der Waals surface area contributed by atoms with Gasteiger partial charge < -0.3 is 4.74 Å². The molecule has 146 valence electrons. The minimum absolute atomic E-state index is 0.834. The summed E-state index contributed by atoms with van der Waals surface area (Å²) in [5, 5.41) is 0. The van der Waals surface area contributed by atoms with Crippen molar-refractivity contribution in [3.63, 3.8) is 0 Å². The summed E-state index contributed by atoms with van der Waals surface area (Å²) >= 11 is 0. The van der Waals surface area contributed by atoms with Gasteiger partial charge in [-0.05, 0) is 66.0 Å². The minimum Gasteiger partial charge on any atom is -0.494 e. The van der Waals surface area contributed by atoms with Gasteiger partial charge in [-0.25, -0.2) is 0 Å². The summed E-state index contributed by atoms with van der Waals surface area (Å²) in [5.41, 5.74) is 5.77. The Morgan fingerprint density at radius 1 is 0.815 bits per heavy atom. The average molecular weight is 365 g/mol. The number of rotatable bonds is 10. The van der Waals surface area contributed by atoms with Crippen LogP contribution >= 0.6 is 0 Å². The van der Waals surface area contributed by atoms with Crippen molar-refractivity contribution in [3.8, 4) is 16.9 Å². The topological polar surface area (TPSA) is 9.23 Å². The van der Waals surface area contributed by atoms with Crippen molar-refractivity contribution in [2.75, 3.05) is 6.61 Å². The number of fused-ring (bicyclic) bond motifs is 1. The number of benzene rings is 2. The second-order valence-corrected chi connectivity index (χ2v) is 8.17. The Morgan fingerprint density at radius 2 is 1.59 bits per heavy atom. The fourth-order valence-electron chi connectivity index (χ4n) is 4.30. The van der Waals surface area contributed by atoms with E-state index >= 15 is 0 Å². The minimum atomic E-state index is 0.834. The number of ether oxygens (including phenoxy) is 1. The predicted octanol–water partition coefficient (Wildman–Crippen LogP) is 7.61. The Balaban J connectivity index is 1.54. The Morgan fingerprint density at radius 3 is 2.37 bits per heavy atom. The highest BCUT2D eigenvalue weighted by atomic mass is 16.5. The van der Waals surface area contributed by atoms with Crippen LogP contribution in [-0.4, -0.2) is 6.61 Å². The van der Waals surface area contributed by atoms with E-state index in [2.05, 4.69) is 56.3 Å². The average Bonchev–Trinajstić information content (AvgIpc) is 2.71. The van der Waals surface area contributed by atoms with Crippen molar-refractivity contribution >= 4 is 0 Å². The molecule has 0 fully saturated rings. The number of hydrogen-bond acceptors (Lipinski definition) is 1. The number of unbranched alkanes of at least 4 members (excludes halogenated alkanes) is 4. The molecule has 2 aromatic carbocycles. The molecule has 2 aromatic rings. The first-order valence-corrected chi connectivity index (χ1v) is 11.1. The van der Waals surface area contributed by atoms with Gasteiger partial charge in [-0.3, -0.25) is 0 Å². The molecule has 0 amide bonds. The second kappa shape index (κ2) is 10.5. The van der Waals surface area contributed by atoms with E-state index in [1.807, 2.05) is 0 Å². The first kappa shape index (κ1) is 20.0. The largest absolute Gasteiger partial charge is 0.494 e. The van der Waals surface area contributed by atoms with Crippen LogP contribution in [0.25, 0.3) is 11.1 Å². The molecular formula is C26H36O. The fraction of sp³-hybridized carbons (Fsp3) is 0.538. The summed E-state index contributed by atoms with van der Waals surface area (Å²) in [7, 11) is 0. The van der Waals surface area contributed by atoms with Gasteiger partial charge in [0.15, 0.2) is 0 Å². The molecule has 1 atom stereocenters. The van der Waals surface area contributed by atoms with E-state index in [0.29, 0.717) is 0 Å². The molecule has 1 aliphatic rings. The Labute approximate surface area is 166 Å². The highest BCUT2D eigenvalue weighted by Gasteiger charge is 2.18. The van der Waals surface area contributed by atoms with E-state index in [4.69, 9.17) is 4.74 Å². The molecule has 0 heterocycles. The van der Waals surface area contributed by atoms with Crippen molar-refractivity contribution in [2.45, 2.75) is 78.1 Å². The molecule has 0 radical (unpaired) electrons. The zero-order valence-corrected chi connectivity index (χ0v) is 17.3. The smallest absolute Gasteiger partial charge is 0.119 e. The normalized spacial score (nSPS) is 16.1. The lowest BCUT2D eigenvalue weighted by Gasteiger charge is -2.24. The van der Waals surface area contributed by atoms with E-state index in [0.717, 1.165) is 24.7 Å². The van der Waals surface area contributed by atoms with Gasteiger partial charge in [-0.2, -0.15) is 0 Å². The monoisotopic (exact) mass is 364 g/mol. The van der Waals surface area contributed by atoms with Crippen LogP contribution in [0.1, 0.15) is 76.3 Å². The van der Waals surface area contributed by atoms with Gasteiger partial charge in [-0.15, -0.1) is 0 Å². The summed E-state index contributed by atoms with van der Waals surface area (Å²) in [6.45, 7) is 5.39. The van der Waals surface area contributed by atoms with E-state index < -0.39 is 0 Å². The molecule has 27 heavy (non-hydrogen) atoms. The van der Waals surface area contributed by atoms with Crippen LogP contribution in [0.5, 0.6) is 5.75 Å².